The van der Waals surface area contributed by atoms with E-state index in [2.05, 4.69) is 17.1 Å². The summed E-state index contributed by atoms with van der Waals surface area (Å²) in [5, 5.41) is 0. The second kappa shape index (κ2) is 8.97. The number of hydrogen-bond acceptors (Lipinski definition) is 5. The Balaban J connectivity index is 1.65. The largest absolute Gasteiger partial charge is 0.493 e. The summed E-state index contributed by atoms with van der Waals surface area (Å²) in [7, 11) is 1.60. The number of para-hydroxylation sites is 2. The molecule has 0 aliphatic carbocycles. The SMILES string of the molecule is COc1ccccc1Oc1ccncc1C1COCC(=O)N1Cc1ccc(C)cc1. The molecular formula is C24H24N2O4. The van der Waals surface area contributed by atoms with Crippen molar-refractivity contribution in [2.45, 2.75) is 19.5 Å². The van der Waals surface area contributed by atoms with Crippen molar-refractivity contribution in [3.8, 4) is 17.2 Å². The van der Waals surface area contributed by atoms with E-state index in [1.165, 1.54) is 5.56 Å². The average Bonchev–Trinajstić information content (AvgIpc) is 2.77. The Morgan fingerprint density at radius 2 is 1.83 bits per heavy atom. The number of rotatable bonds is 6. The van der Waals surface area contributed by atoms with E-state index in [4.69, 9.17) is 14.2 Å². The van der Waals surface area contributed by atoms with Gasteiger partial charge in [-0.1, -0.05) is 42.0 Å². The summed E-state index contributed by atoms with van der Waals surface area (Å²) in [5.74, 6) is 1.79. The van der Waals surface area contributed by atoms with E-state index in [1.807, 2.05) is 48.2 Å². The maximum atomic E-state index is 12.7. The van der Waals surface area contributed by atoms with Gasteiger partial charge in [0.1, 0.15) is 12.4 Å². The molecule has 0 bridgehead atoms. The Kier molecular flexibility index (Phi) is 5.95. The molecule has 0 spiro atoms. The monoisotopic (exact) mass is 404 g/mol. The molecule has 1 aliphatic rings. The third-order valence-electron chi connectivity index (χ3n) is 5.13. The number of nitrogens with zero attached hydrogens (tertiary/aromatic N) is 2. The lowest BCUT2D eigenvalue weighted by Crippen LogP contribution is -2.43. The molecule has 2 heterocycles. The number of morpholine rings is 1. The molecule has 30 heavy (non-hydrogen) atoms. The van der Waals surface area contributed by atoms with Crippen molar-refractivity contribution in [1.29, 1.82) is 0 Å². The van der Waals surface area contributed by atoms with Gasteiger partial charge in [-0.15, -0.1) is 0 Å². The Bertz CT molecular complexity index is 1020. The van der Waals surface area contributed by atoms with Gasteiger partial charge in [-0.25, -0.2) is 0 Å². The first-order valence-corrected chi connectivity index (χ1v) is 9.83. The summed E-state index contributed by atoms with van der Waals surface area (Å²) < 4.78 is 17.2. The van der Waals surface area contributed by atoms with Gasteiger partial charge in [0.2, 0.25) is 5.91 Å². The van der Waals surface area contributed by atoms with Gasteiger partial charge >= 0.3 is 0 Å². The van der Waals surface area contributed by atoms with E-state index in [-0.39, 0.29) is 18.6 Å². The molecule has 4 rings (SSSR count). The number of aryl methyl sites for hydroxylation is 1. The highest BCUT2D eigenvalue weighted by atomic mass is 16.5. The van der Waals surface area contributed by atoms with Gasteiger partial charge in [0.15, 0.2) is 11.5 Å². The van der Waals surface area contributed by atoms with Crippen LogP contribution in [0.15, 0.2) is 67.0 Å². The van der Waals surface area contributed by atoms with Crippen molar-refractivity contribution in [3.63, 3.8) is 0 Å². The topological polar surface area (TPSA) is 60.9 Å². The van der Waals surface area contributed by atoms with Crippen LogP contribution in [-0.2, 0) is 16.1 Å². The second-order valence-electron chi connectivity index (χ2n) is 7.20. The summed E-state index contributed by atoms with van der Waals surface area (Å²) in [4.78, 5) is 18.9. The molecule has 1 amide bonds. The minimum Gasteiger partial charge on any atom is -0.493 e. The van der Waals surface area contributed by atoms with Gasteiger partial charge in [-0.2, -0.15) is 0 Å². The van der Waals surface area contributed by atoms with Crippen LogP contribution in [0.3, 0.4) is 0 Å². The smallest absolute Gasteiger partial charge is 0.249 e. The molecule has 1 fully saturated rings. The summed E-state index contributed by atoms with van der Waals surface area (Å²) in [6.45, 7) is 3.00. The lowest BCUT2D eigenvalue weighted by Gasteiger charge is -2.36. The maximum absolute atomic E-state index is 12.7. The molecule has 2 aromatic carbocycles. The quantitative estimate of drug-likeness (QED) is 0.613. The fraction of sp³-hybridized carbons (Fsp3) is 0.250. The average molecular weight is 404 g/mol. The second-order valence-corrected chi connectivity index (χ2v) is 7.20. The highest BCUT2D eigenvalue weighted by molar-refractivity contribution is 5.78. The van der Waals surface area contributed by atoms with Crippen molar-refractivity contribution < 1.29 is 19.0 Å². The minimum atomic E-state index is -0.300. The van der Waals surface area contributed by atoms with Crippen LogP contribution in [0.5, 0.6) is 17.2 Å². The summed E-state index contributed by atoms with van der Waals surface area (Å²) in [6, 6.07) is 17.1. The van der Waals surface area contributed by atoms with Crippen LogP contribution in [0.4, 0.5) is 0 Å². The molecule has 6 heteroatoms. The van der Waals surface area contributed by atoms with E-state index in [1.54, 1.807) is 25.6 Å². The number of ether oxygens (including phenoxy) is 3. The number of carbonyl (C=O) groups is 1. The van der Waals surface area contributed by atoms with E-state index in [9.17, 15) is 4.79 Å². The predicted molar refractivity (Wildman–Crippen MR) is 113 cm³/mol. The first-order valence-electron chi connectivity index (χ1n) is 9.83. The van der Waals surface area contributed by atoms with Gasteiger partial charge < -0.3 is 19.1 Å². The Morgan fingerprint density at radius 1 is 1.07 bits per heavy atom. The molecule has 0 saturated carbocycles. The number of methoxy groups -OCH3 is 1. The number of carbonyl (C=O) groups excluding carboxylic acids is 1. The molecule has 3 aromatic rings. The van der Waals surface area contributed by atoms with Crippen molar-refractivity contribution >= 4 is 5.91 Å². The number of benzene rings is 2. The number of amides is 1. The summed E-state index contributed by atoms with van der Waals surface area (Å²) >= 11 is 0. The van der Waals surface area contributed by atoms with Crippen LogP contribution in [0.1, 0.15) is 22.7 Å². The number of aromatic nitrogens is 1. The van der Waals surface area contributed by atoms with Gasteiger partial charge in [0.05, 0.1) is 19.8 Å². The summed E-state index contributed by atoms with van der Waals surface area (Å²) in [5.41, 5.74) is 3.05. The van der Waals surface area contributed by atoms with Crippen molar-refractivity contribution in [2.75, 3.05) is 20.3 Å². The van der Waals surface area contributed by atoms with Crippen LogP contribution < -0.4 is 9.47 Å². The van der Waals surface area contributed by atoms with Crippen molar-refractivity contribution in [2.24, 2.45) is 0 Å². The molecule has 0 radical (unpaired) electrons. The zero-order chi connectivity index (χ0) is 20.9. The number of pyridine rings is 1. The van der Waals surface area contributed by atoms with Crippen molar-refractivity contribution in [3.05, 3.63) is 83.7 Å². The van der Waals surface area contributed by atoms with Crippen LogP contribution in [0.2, 0.25) is 0 Å². The molecule has 6 nitrogen and oxygen atoms in total. The van der Waals surface area contributed by atoms with Gasteiger partial charge in [0, 0.05) is 24.5 Å². The predicted octanol–water partition coefficient (Wildman–Crippen LogP) is 4.29. The minimum absolute atomic E-state index is 0.0566. The summed E-state index contributed by atoms with van der Waals surface area (Å²) in [6.07, 6.45) is 3.41. The number of hydrogen-bond donors (Lipinski definition) is 0. The maximum Gasteiger partial charge on any atom is 0.249 e. The highest BCUT2D eigenvalue weighted by Crippen LogP contribution is 2.37. The zero-order valence-corrected chi connectivity index (χ0v) is 17.1. The van der Waals surface area contributed by atoms with Crippen LogP contribution in [-0.4, -0.2) is 36.1 Å². The third-order valence-corrected chi connectivity index (χ3v) is 5.13. The first kappa shape index (κ1) is 19.9. The molecule has 0 N–H and O–H groups in total. The van der Waals surface area contributed by atoms with Crippen LogP contribution in [0, 0.1) is 6.92 Å². The fourth-order valence-electron chi connectivity index (χ4n) is 3.51. The molecular weight excluding hydrogens is 380 g/mol. The van der Waals surface area contributed by atoms with Crippen LogP contribution >= 0.6 is 0 Å². The first-order chi connectivity index (χ1) is 14.7. The van der Waals surface area contributed by atoms with Crippen LogP contribution in [0.25, 0.3) is 0 Å². The normalized spacial score (nSPS) is 16.4. The van der Waals surface area contributed by atoms with E-state index < -0.39 is 0 Å². The molecule has 1 unspecified atom stereocenters. The van der Waals surface area contributed by atoms with E-state index in [0.717, 1.165) is 11.1 Å². The fourth-order valence-corrected chi connectivity index (χ4v) is 3.51. The Labute approximate surface area is 176 Å². The zero-order valence-electron chi connectivity index (χ0n) is 17.1. The lowest BCUT2D eigenvalue weighted by atomic mass is 10.0. The van der Waals surface area contributed by atoms with Gasteiger partial charge in [-0.05, 0) is 30.7 Å². The highest BCUT2D eigenvalue weighted by Gasteiger charge is 2.32. The Morgan fingerprint density at radius 3 is 2.60 bits per heavy atom. The molecule has 1 aliphatic heterocycles. The molecule has 1 atom stereocenters. The van der Waals surface area contributed by atoms with Gasteiger partial charge in [0.25, 0.3) is 0 Å². The third kappa shape index (κ3) is 4.28. The van der Waals surface area contributed by atoms with Crippen molar-refractivity contribution in [1.82, 2.24) is 9.88 Å². The Hall–Kier alpha value is -3.38. The molecule has 1 saturated heterocycles. The standard InChI is InChI=1S/C24H24N2O4/c1-17-7-9-18(10-8-17)14-26-20(15-29-16-24(26)27)19-13-25-12-11-21(19)30-23-6-4-3-5-22(23)28-2/h3-13,20H,14-16H2,1-2H3. The lowest BCUT2D eigenvalue weighted by molar-refractivity contribution is -0.149. The van der Waals surface area contributed by atoms with E-state index >= 15 is 0 Å². The molecule has 154 valence electrons. The van der Waals surface area contributed by atoms with E-state index in [0.29, 0.717) is 30.4 Å². The molecule has 1 aromatic heterocycles. The van der Waals surface area contributed by atoms with Gasteiger partial charge in [-0.3, -0.25) is 9.78 Å².